The third kappa shape index (κ3) is 5.21. The highest BCUT2D eigenvalue weighted by molar-refractivity contribution is 5.42. The van der Waals surface area contributed by atoms with Crippen molar-refractivity contribution in [2.24, 2.45) is 0 Å². The molecular weight excluding hydrogens is 358 g/mol. The van der Waals surface area contributed by atoms with Crippen LogP contribution < -0.4 is 9.47 Å². The lowest BCUT2D eigenvalue weighted by molar-refractivity contribution is -0.384. The molecule has 3 rings (SSSR count). The zero-order valence-corrected chi connectivity index (χ0v) is 16.5. The second-order valence-electron chi connectivity index (χ2n) is 6.98. The van der Waals surface area contributed by atoms with Gasteiger partial charge in [-0.25, -0.2) is 0 Å². The van der Waals surface area contributed by atoms with E-state index < -0.39 is 0 Å². The molecular formula is C21H27N3O4. The van der Waals surface area contributed by atoms with Gasteiger partial charge in [0.1, 0.15) is 0 Å². The fourth-order valence-corrected chi connectivity index (χ4v) is 3.48. The van der Waals surface area contributed by atoms with E-state index in [0.717, 1.165) is 62.8 Å². The molecule has 1 aliphatic rings. The molecule has 0 N–H and O–H groups in total. The molecule has 0 radical (unpaired) electrons. The van der Waals surface area contributed by atoms with E-state index >= 15 is 0 Å². The van der Waals surface area contributed by atoms with Gasteiger partial charge in [0.15, 0.2) is 11.5 Å². The largest absolute Gasteiger partial charge is 0.493 e. The first-order valence-corrected chi connectivity index (χ1v) is 9.48. The maximum absolute atomic E-state index is 10.7. The number of hydrogen-bond acceptors (Lipinski definition) is 6. The normalized spacial score (nSPS) is 15.4. The number of nitrogens with zero attached hydrogens (tertiary/aromatic N) is 3. The second kappa shape index (κ2) is 9.52. The highest BCUT2D eigenvalue weighted by Gasteiger charge is 2.17. The van der Waals surface area contributed by atoms with Crippen LogP contribution in [0.3, 0.4) is 0 Å². The van der Waals surface area contributed by atoms with Crippen molar-refractivity contribution in [1.82, 2.24) is 9.80 Å². The predicted octanol–water partition coefficient (Wildman–Crippen LogP) is 2.97. The van der Waals surface area contributed by atoms with Crippen LogP contribution in [0.1, 0.15) is 11.1 Å². The number of hydrogen-bond donors (Lipinski definition) is 0. The first-order chi connectivity index (χ1) is 13.6. The van der Waals surface area contributed by atoms with Crippen LogP contribution in [0, 0.1) is 10.1 Å². The topological polar surface area (TPSA) is 68.1 Å². The Morgan fingerprint density at radius 1 is 0.893 bits per heavy atom. The zero-order valence-electron chi connectivity index (χ0n) is 16.5. The zero-order chi connectivity index (χ0) is 19.9. The van der Waals surface area contributed by atoms with Crippen LogP contribution in [0.4, 0.5) is 5.69 Å². The van der Waals surface area contributed by atoms with E-state index in [9.17, 15) is 10.1 Å². The molecule has 7 heteroatoms. The van der Waals surface area contributed by atoms with Crippen LogP contribution in [-0.4, -0.2) is 61.7 Å². The molecule has 7 nitrogen and oxygen atoms in total. The van der Waals surface area contributed by atoms with Gasteiger partial charge < -0.3 is 14.4 Å². The Balaban J connectivity index is 1.45. The molecule has 0 spiro atoms. The first kappa shape index (κ1) is 20.1. The summed E-state index contributed by atoms with van der Waals surface area (Å²) in [6.45, 7) is 5.97. The molecule has 0 bridgehead atoms. The van der Waals surface area contributed by atoms with Crippen molar-refractivity contribution in [3.05, 3.63) is 63.7 Å². The number of benzene rings is 2. The van der Waals surface area contributed by atoms with Crippen molar-refractivity contribution in [1.29, 1.82) is 0 Å². The van der Waals surface area contributed by atoms with Crippen LogP contribution in [-0.2, 0) is 13.0 Å². The molecule has 2 aromatic carbocycles. The van der Waals surface area contributed by atoms with Gasteiger partial charge in [0.25, 0.3) is 5.69 Å². The smallest absolute Gasteiger partial charge is 0.269 e. The number of piperazine rings is 1. The lowest BCUT2D eigenvalue weighted by Gasteiger charge is -2.34. The average molecular weight is 385 g/mol. The van der Waals surface area contributed by atoms with Crippen LogP contribution in [0.5, 0.6) is 11.5 Å². The lowest BCUT2D eigenvalue weighted by Crippen LogP contribution is -2.46. The van der Waals surface area contributed by atoms with Crippen molar-refractivity contribution >= 4 is 5.69 Å². The summed E-state index contributed by atoms with van der Waals surface area (Å²) in [4.78, 5) is 15.3. The Morgan fingerprint density at radius 3 is 2.11 bits per heavy atom. The molecule has 1 saturated heterocycles. The Kier molecular flexibility index (Phi) is 6.84. The number of non-ortho nitro benzene ring substituents is 1. The monoisotopic (exact) mass is 385 g/mol. The van der Waals surface area contributed by atoms with Crippen molar-refractivity contribution in [2.45, 2.75) is 13.0 Å². The van der Waals surface area contributed by atoms with E-state index in [1.807, 2.05) is 24.3 Å². The van der Waals surface area contributed by atoms with Crippen LogP contribution >= 0.6 is 0 Å². The van der Waals surface area contributed by atoms with E-state index in [2.05, 4.69) is 15.9 Å². The minimum Gasteiger partial charge on any atom is -0.493 e. The fraction of sp³-hybridized carbons (Fsp3) is 0.429. The van der Waals surface area contributed by atoms with Crippen LogP contribution in [0.15, 0.2) is 42.5 Å². The molecule has 0 unspecified atom stereocenters. The molecule has 1 aliphatic heterocycles. The van der Waals surface area contributed by atoms with Gasteiger partial charge >= 0.3 is 0 Å². The van der Waals surface area contributed by atoms with E-state index in [1.165, 1.54) is 5.56 Å². The van der Waals surface area contributed by atoms with Crippen molar-refractivity contribution in [3.8, 4) is 11.5 Å². The van der Waals surface area contributed by atoms with Gasteiger partial charge in [-0.15, -0.1) is 0 Å². The van der Waals surface area contributed by atoms with Gasteiger partial charge in [-0.3, -0.25) is 15.0 Å². The number of nitro benzene ring substituents is 1. The second-order valence-corrected chi connectivity index (χ2v) is 6.98. The highest BCUT2D eigenvalue weighted by Crippen LogP contribution is 2.28. The number of methoxy groups -OCH3 is 2. The Bertz CT molecular complexity index is 787. The summed E-state index contributed by atoms with van der Waals surface area (Å²) in [7, 11) is 3.30. The summed E-state index contributed by atoms with van der Waals surface area (Å²) in [5.74, 6) is 1.52. The minimum absolute atomic E-state index is 0.146. The summed E-state index contributed by atoms with van der Waals surface area (Å²) >= 11 is 0. The van der Waals surface area contributed by atoms with Crippen LogP contribution in [0.25, 0.3) is 0 Å². The van der Waals surface area contributed by atoms with Crippen molar-refractivity contribution in [3.63, 3.8) is 0 Å². The molecule has 2 aromatic rings. The quantitative estimate of drug-likeness (QED) is 0.514. The molecule has 150 valence electrons. The summed E-state index contributed by atoms with van der Waals surface area (Å²) in [6.07, 6.45) is 0.910. The van der Waals surface area contributed by atoms with Gasteiger partial charge in [-0.1, -0.05) is 18.2 Å². The predicted molar refractivity (Wildman–Crippen MR) is 108 cm³/mol. The minimum atomic E-state index is -0.360. The number of ether oxygens (including phenoxy) is 2. The van der Waals surface area contributed by atoms with Gasteiger partial charge in [0.2, 0.25) is 0 Å². The number of nitro groups is 1. The summed E-state index contributed by atoms with van der Waals surface area (Å²) in [5, 5.41) is 10.7. The Labute approximate surface area is 165 Å². The maximum Gasteiger partial charge on any atom is 0.269 e. The molecule has 1 heterocycles. The molecule has 0 amide bonds. The van der Waals surface area contributed by atoms with Gasteiger partial charge in [-0.2, -0.15) is 0 Å². The highest BCUT2D eigenvalue weighted by atomic mass is 16.6. The van der Waals surface area contributed by atoms with E-state index in [1.54, 1.807) is 26.4 Å². The average Bonchev–Trinajstić information content (AvgIpc) is 2.73. The third-order valence-corrected chi connectivity index (χ3v) is 5.18. The van der Waals surface area contributed by atoms with Gasteiger partial charge in [0.05, 0.1) is 19.1 Å². The molecule has 0 aromatic heterocycles. The van der Waals surface area contributed by atoms with Gasteiger partial charge in [-0.05, 0) is 29.7 Å². The molecule has 0 saturated carbocycles. The SMILES string of the molecule is COc1ccc(CN2CCN(CCc3ccc([N+](=O)[O-])cc3)CC2)cc1OC. The van der Waals surface area contributed by atoms with E-state index in [-0.39, 0.29) is 10.6 Å². The summed E-state index contributed by atoms with van der Waals surface area (Å²) in [6, 6.07) is 12.9. The third-order valence-electron chi connectivity index (χ3n) is 5.18. The van der Waals surface area contributed by atoms with Crippen LogP contribution in [0.2, 0.25) is 0 Å². The Morgan fingerprint density at radius 2 is 1.50 bits per heavy atom. The van der Waals surface area contributed by atoms with Crippen molar-refractivity contribution in [2.75, 3.05) is 46.9 Å². The van der Waals surface area contributed by atoms with Crippen molar-refractivity contribution < 1.29 is 14.4 Å². The number of rotatable bonds is 8. The first-order valence-electron chi connectivity index (χ1n) is 9.48. The lowest BCUT2D eigenvalue weighted by atomic mass is 10.1. The maximum atomic E-state index is 10.7. The molecule has 28 heavy (non-hydrogen) atoms. The summed E-state index contributed by atoms with van der Waals surface area (Å²) in [5.41, 5.74) is 2.50. The molecule has 0 aliphatic carbocycles. The van der Waals surface area contributed by atoms with E-state index in [0.29, 0.717) is 0 Å². The fourth-order valence-electron chi connectivity index (χ4n) is 3.48. The van der Waals surface area contributed by atoms with E-state index in [4.69, 9.17) is 9.47 Å². The Hall–Kier alpha value is -2.64. The van der Waals surface area contributed by atoms with Gasteiger partial charge in [0, 0.05) is 51.4 Å². The molecule has 0 atom stereocenters. The summed E-state index contributed by atoms with van der Waals surface area (Å²) < 4.78 is 10.7. The standard InChI is InChI=1S/C21H27N3O4/c1-27-20-8-5-18(15-21(20)28-2)16-23-13-11-22(12-14-23)10-9-17-3-6-19(7-4-17)24(25)26/h3-8,15H,9-14,16H2,1-2H3. The molecule has 1 fully saturated rings.